The summed E-state index contributed by atoms with van der Waals surface area (Å²) >= 11 is 0. The highest BCUT2D eigenvalue weighted by molar-refractivity contribution is 5.98. The molecule has 152 valence electrons. The summed E-state index contributed by atoms with van der Waals surface area (Å²) in [7, 11) is 0. The van der Waals surface area contributed by atoms with Crippen molar-refractivity contribution in [2.75, 3.05) is 13.2 Å². The molecule has 1 aromatic rings. The van der Waals surface area contributed by atoms with Gasteiger partial charge in [0.2, 0.25) is 5.91 Å². The van der Waals surface area contributed by atoms with Crippen LogP contribution in [-0.2, 0) is 14.3 Å². The molecule has 1 aliphatic heterocycles. The van der Waals surface area contributed by atoms with Crippen LogP contribution in [0.15, 0.2) is 30.3 Å². The van der Waals surface area contributed by atoms with Gasteiger partial charge in [-0.3, -0.25) is 14.4 Å². The normalized spacial score (nSPS) is 23.8. The maximum atomic E-state index is 13.2. The standard InChI is InChI=1S/C22H30N2O4/c1-2-3-13-28-20(25)15-23-21(26)19-14-17-11-7-8-12-18(17)24(19)22(27)16-9-5-4-6-10-16/h4-6,9-10,17-19H,2-3,7-8,11-15H2,1H3,(H,23,26). The Kier molecular flexibility index (Phi) is 7.06. The van der Waals surface area contributed by atoms with E-state index in [1.54, 1.807) is 17.0 Å². The van der Waals surface area contributed by atoms with Gasteiger partial charge in [0.25, 0.3) is 5.91 Å². The molecule has 2 aliphatic rings. The largest absolute Gasteiger partial charge is 0.464 e. The Morgan fingerprint density at radius 2 is 1.89 bits per heavy atom. The molecule has 6 nitrogen and oxygen atoms in total. The Labute approximate surface area is 166 Å². The molecular weight excluding hydrogens is 356 g/mol. The molecule has 1 N–H and O–H groups in total. The second-order valence-electron chi connectivity index (χ2n) is 7.73. The first kappa shape index (κ1) is 20.4. The SMILES string of the molecule is CCCCOC(=O)CNC(=O)C1CC2CCCCC2N1C(=O)c1ccccc1. The lowest BCUT2D eigenvalue weighted by atomic mass is 9.84. The van der Waals surface area contributed by atoms with Crippen molar-refractivity contribution in [1.82, 2.24) is 10.2 Å². The molecule has 3 unspecified atom stereocenters. The first-order chi connectivity index (χ1) is 13.6. The van der Waals surface area contributed by atoms with Gasteiger partial charge >= 0.3 is 5.97 Å². The summed E-state index contributed by atoms with van der Waals surface area (Å²) < 4.78 is 5.10. The van der Waals surface area contributed by atoms with Crippen LogP contribution >= 0.6 is 0 Å². The first-order valence-electron chi connectivity index (χ1n) is 10.4. The Morgan fingerprint density at radius 1 is 1.14 bits per heavy atom. The summed E-state index contributed by atoms with van der Waals surface area (Å²) in [5.41, 5.74) is 0.602. The van der Waals surface area contributed by atoms with Crippen LogP contribution in [0.3, 0.4) is 0 Å². The van der Waals surface area contributed by atoms with E-state index in [-0.39, 0.29) is 24.4 Å². The topological polar surface area (TPSA) is 75.7 Å². The van der Waals surface area contributed by atoms with E-state index in [0.717, 1.165) is 38.5 Å². The van der Waals surface area contributed by atoms with Gasteiger partial charge in [0.05, 0.1) is 6.61 Å². The number of likely N-dealkylation sites (tertiary alicyclic amines) is 1. The van der Waals surface area contributed by atoms with E-state index < -0.39 is 12.0 Å². The number of ether oxygens (including phenoxy) is 1. The van der Waals surface area contributed by atoms with Gasteiger partial charge in [0.1, 0.15) is 12.6 Å². The van der Waals surface area contributed by atoms with Gasteiger partial charge in [-0.1, -0.05) is 44.4 Å². The molecular formula is C22H30N2O4. The van der Waals surface area contributed by atoms with Gasteiger partial charge in [-0.05, 0) is 43.7 Å². The smallest absolute Gasteiger partial charge is 0.325 e. The van der Waals surface area contributed by atoms with Crippen LogP contribution in [-0.4, -0.2) is 47.9 Å². The number of carbonyl (C=O) groups is 3. The molecule has 0 bridgehead atoms. The van der Waals surface area contributed by atoms with E-state index in [0.29, 0.717) is 24.5 Å². The van der Waals surface area contributed by atoms with Crippen molar-refractivity contribution in [3.8, 4) is 0 Å². The third-order valence-electron chi connectivity index (χ3n) is 5.81. The number of fused-ring (bicyclic) bond motifs is 1. The van der Waals surface area contributed by atoms with Crippen LogP contribution in [0.25, 0.3) is 0 Å². The van der Waals surface area contributed by atoms with Gasteiger partial charge < -0.3 is 15.0 Å². The van der Waals surface area contributed by atoms with E-state index >= 15 is 0 Å². The summed E-state index contributed by atoms with van der Waals surface area (Å²) in [4.78, 5) is 39.6. The predicted octanol–water partition coefficient (Wildman–Crippen LogP) is 2.92. The number of rotatable bonds is 7. The van der Waals surface area contributed by atoms with Crippen molar-refractivity contribution >= 4 is 17.8 Å². The molecule has 1 aliphatic carbocycles. The highest BCUT2D eigenvalue weighted by Crippen LogP contribution is 2.40. The third kappa shape index (κ3) is 4.72. The fourth-order valence-corrected chi connectivity index (χ4v) is 4.37. The molecule has 0 radical (unpaired) electrons. The van der Waals surface area contributed by atoms with Crippen LogP contribution < -0.4 is 5.32 Å². The molecule has 2 amide bonds. The number of esters is 1. The number of unbranched alkanes of at least 4 members (excludes halogenated alkanes) is 1. The number of nitrogens with zero attached hydrogens (tertiary/aromatic N) is 1. The minimum atomic E-state index is -0.524. The van der Waals surface area contributed by atoms with Gasteiger partial charge in [-0.15, -0.1) is 0 Å². The maximum absolute atomic E-state index is 13.2. The molecule has 1 saturated carbocycles. The van der Waals surface area contributed by atoms with Gasteiger partial charge in [-0.2, -0.15) is 0 Å². The fraction of sp³-hybridized carbons (Fsp3) is 0.591. The highest BCUT2D eigenvalue weighted by Gasteiger charge is 2.47. The number of hydrogen-bond donors (Lipinski definition) is 1. The van der Waals surface area contributed by atoms with Gasteiger partial charge in [0, 0.05) is 11.6 Å². The fourth-order valence-electron chi connectivity index (χ4n) is 4.37. The Hall–Kier alpha value is -2.37. The monoisotopic (exact) mass is 386 g/mol. The van der Waals surface area contributed by atoms with E-state index in [1.807, 2.05) is 25.1 Å². The Morgan fingerprint density at radius 3 is 2.64 bits per heavy atom. The van der Waals surface area contributed by atoms with Crippen molar-refractivity contribution in [3.05, 3.63) is 35.9 Å². The van der Waals surface area contributed by atoms with Crippen molar-refractivity contribution in [2.24, 2.45) is 5.92 Å². The van der Waals surface area contributed by atoms with Gasteiger partial charge in [-0.25, -0.2) is 0 Å². The number of hydrogen-bond acceptors (Lipinski definition) is 4. The zero-order valence-corrected chi connectivity index (χ0v) is 16.6. The van der Waals surface area contributed by atoms with Crippen LogP contribution in [0.1, 0.15) is 62.2 Å². The van der Waals surface area contributed by atoms with E-state index in [9.17, 15) is 14.4 Å². The molecule has 0 aromatic heterocycles. The summed E-state index contributed by atoms with van der Waals surface area (Å²) in [6.45, 7) is 2.24. The minimum Gasteiger partial charge on any atom is -0.464 e. The van der Waals surface area contributed by atoms with E-state index in [2.05, 4.69) is 5.32 Å². The van der Waals surface area contributed by atoms with Crippen molar-refractivity contribution in [3.63, 3.8) is 0 Å². The lowest BCUT2D eigenvalue weighted by Gasteiger charge is -2.33. The molecule has 0 spiro atoms. The zero-order chi connectivity index (χ0) is 19.9. The predicted molar refractivity (Wildman–Crippen MR) is 106 cm³/mol. The molecule has 1 aromatic carbocycles. The molecule has 2 fully saturated rings. The Bertz CT molecular complexity index is 691. The van der Waals surface area contributed by atoms with Crippen molar-refractivity contribution < 1.29 is 19.1 Å². The zero-order valence-electron chi connectivity index (χ0n) is 16.6. The van der Waals surface area contributed by atoms with Crippen LogP contribution in [0.2, 0.25) is 0 Å². The molecule has 3 rings (SSSR count). The highest BCUT2D eigenvalue weighted by atomic mass is 16.5. The molecule has 28 heavy (non-hydrogen) atoms. The number of benzene rings is 1. The average molecular weight is 386 g/mol. The molecule has 3 atom stereocenters. The van der Waals surface area contributed by atoms with E-state index in [4.69, 9.17) is 4.74 Å². The van der Waals surface area contributed by atoms with Gasteiger partial charge in [0.15, 0.2) is 0 Å². The lowest BCUT2D eigenvalue weighted by Crippen LogP contribution is -2.50. The van der Waals surface area contributed by atoms with Crippen molar-refractivity contribution in [2.45, 2.75) is 64.0 Å². The molecule has 1 saturated heterocycles. The number of nitrogens with one attached hydrogen (secondary N) is 1. The van der Waals surface area contributed by atoms with Crippen LogP contribution in [0.5, 0.6) is 0 Å². The first-order valence-corrected chi connectivity index (χ1v) is 10.4. The van der Waals surface area contributed by atoms with Crippen LogP contribution in [0, 0.1) is 5.92 Å². The van der Waals surface area contributed by atoms with E-state index in [1.165, 1.54) is 0 Å². The molecule has 6 heteroatoms. The lowest BCUT2D eigenvalue weighted by molar-refractivity contribution is -0.144. The molecule has 1 heterocycles. The quantitative estimate of drug-likeness (QED) is 0.577. The third-order valence-corrected chi connectivity index (χ3v) is 5.81. The van der Waals surface area contributed by atoms with Crippen LogP contribution in [0.4, 0.5) is 0 Å². The summed E-state index contributed by atoms with van der Waals surface area (Å²) in [6, 6.07) is 8.71. The summed E-state index contributed by atoms with van der Waals surface area (Å²) in [6.07, 6.45) is 6.63. The summed E-state index contributed by atoms with van der Waals surface area (Å²) in [5.74, 6) is -0.432. The number of carbonyl (C=O) groups excluding carboxylic acids is 3. The second-order valence-corrected chi connectivity index (χ2v) is 7.73. The van der Waals surface area contributed by atoms with Crippen molar-refractivity contribution in [1.29, 1.82) is 0 Å². The number of amides is 2. The maximum Gasteiger partial charge on any atom is 0.325 e. The average Bonchev–Trinajstić information content (AvgIpc) is 3.12. The summed E-state index contributed by atoms with van der Waals surface area (Å²) in [5, 5.41) is 2.69. The second kappa shape index (κ2) is 9.71. The Balaban J connectivity index is 1.67. The minimum absolute atomic E-state index is 0.0966.